The molecular formula is C23H23FN2OS. The van der Waals surface area contributed by atoms with E-state index in [4.69, 9.17) is 0 Å². The average Bonchev–Trinajstić information content (AvgIpc) is 3.14. The Balaban J connectivity index is 0.00000190. The van der Waals surface area contributed by atoms with E-state index in [9.17, 15) is 9.18 Å². The first kappa shape index (κ1) is 22.8. The van der Waals surface area contributed by atoms with E-state index in [1.54, 1.807) is 29.6 Å². The van der Waals surface area contributed by atoms with Gasteiger partial charge in [-0.3, -0.25) is 4.79 Å². The summed E-state index contributed by atoms with van der Waals surface area (Å²) in [6, 6.07) is 5.70. The first-order chi connectivity index (χ1) is 13.6. The van der Waals surface area contributed by atoms with Crippen LogP contribution in [0.15, 0.2) is 67.2 Å². The molecule has 0 bridgehead atoms. The molecule has 144 valence electrons. The van der Waals surface area contributed by atoms with Gasteiger partial charge >= 0.3 is 0 Å². The van der Waals surface area contributed by atoms with Crippen molar-refractivity contribution in [3.63, 3.8) is 0 Å². The van der Waals surface area contributed by atoms with E-state index in [0.717, 1.165) is 32.1 Å². The number of fused-ring (bicyclic) bond motifs is 1. The maximum atomic E-state index is 13.2. The number of amides is 1. The van der Waals surface area contributed by atoms with E-state index in [2.05, 4.69) is 29.7 Å². The van der Waals surface area contributed by atoms with Crippen molar-refractivity contribution in [1.29, 1.82) is 0 Å². The van der Waals surface area contributed by atoms with Crippen molar-refractivity contribution in [2.45, 2.75) is 20.3 Å². The number of nitrogens with zero attached hydrogens (tertiary/aromatic N) is 1. The van der Waals surface area contributed by atoms with Crippen LogP contribution in [0.25, 0.3) is 21.4 Å². The fraction of sp³-hybridized carbons (Fsp3) is 0.130. The number of hydrogen-bond donors (Lipinski definition) is 1. The van der Waals surface area contributed by atoms with Gasteiger partial charge in [-0.25, -0.2) is 9.37 Å². The summed E-state index contributed by atoms with van der Waals surface area (Å²) >= 11 is 1.57. The molecule has 0 fully saturated rings. The zero-order chi connectivity index (χ0) is 20.9. The largest absolute Gasteiger partial charge is 0.333 e. The van der Waals surface area contributed by atoms with Gasteiger partial charge in [0.2, 0.25) is 6.41 Å². The minimum absolute atomic E-state index is 0.492. The van der Waals surface area contributed by atoms with Crippen molar-refractivity contribution in [2.24, 2.45) is 0 Å². The van der Waals surface area contributed by atoms with Gasteiger partial charge in [0.15, 0.2) is 0 Å². The van der Waals surface area contributed by atoms with Crippen molar-refractivity contribution >= 4 is 39.1 Å². The van der Waals surface area contributed by atoms with Crippen molar-refractivity contribution in [1.82, 2.24) is 10.3 Å². The summed E-state index contributed by atoms with van der Waals surface area (Å²) in [5, 5.41) is 3.55. The third kappa shape index (κ3) is 6.19. The number of carbonyl (C=O) groups excluding carboxylic acids is 1. The summed E-state index contributed by atoms with van der Waals surface area (Å²) in [5.74, 6) is 0. The van der Waals surface area contributed by atoms with Crippen molar-refractivity contribution in [3.05, 3.63) is 77.8 Å². The standard InChI is InChI=1S/C21H21FN2OS.C2H2/c1-4-6-7-18(13-22)17-10-11-19-20(12-17)26-21(24-19)16(5-2)9-8-15(3)23-14-25;1-2/h4-8,10-14H,1,9H2,2-3H3,(H,23,25);1-2H/b7-6-,15-8+,16-5+,18-13-;. The van der Waals surface area contributed by atoms with Gasteiger partial charge in [0.1, 0.15) is 5.01 Å². The van der Waals surface area contributed by atoms with Gasteiger partial charge < -0.3 is 5.32 Å². The highest BCUT2D eigenvalue weighted by Gasteiger charge is 2.09. The zero-order valence-electron chi connectivity index (χ0n) is 16.0. The van der Waals surface area contributed by atoms with Crippen LogP contribution in [-0.2, 0) is 4.79 Å². The van der Waals surface area contributed by atoms with Crippen LogP contribution in [0, 0.1) is 12.8 Å². The van der Waals surface area contributed by atoms with Crippen LogP contribution in [0.3, 0.4) is 0 Å². The number of rotatable bonds is 8. The van der Waals surface area contributed by atoms with Crippen LogP contribution in [0.2, 0.25) is 0 Å². The molecule has 1 aromatic heterocycles. The summed E-state index contributed by atoms with van der Waals surface area (Å²) in [4.78, 5) is 15.2. The Kier molecular flexibility index (Phi) is 9.95. The molecule has 5 heteroatoms. The number of nitrogens with one attached hydrogen (secondary N) is 1. The average molecular weight is 395 g/mol. The van der Waals surface area contributed by atoms with Gasteiger partial charge in [0, 0.05) is 11.3 Å². The number of halogens is 1. The number of benzene rings is 1. The Hall–Kier alpha value is -3.23. The molecule has 0 unspecified atom stereocenters. The Bertz CT molecular complexity index is 961. The predicted octanol–water partition coefficient (Wildman–Crippen LogP) is 6.04. The van der Waals surface area contributed by atoms with Crippen LogP contribution in [0.4, 0.5) is 4.39 Å². The number of terminal acetylenes is 1. The fourth-order valence-corrected chi connectivity index (χ4v) is 3.44. The molecule has 28 heavy (non-hydrogen) atoms. The molecular weight excluding hydrogens is 371 g/mol. The van der Waals surface area contributed by atoms with Crippen molar-refractivity contribution < 1.29 is 9.18 Å². The lowest BCUT2D eigenvalue weighted by Crippen LogP contribution is -2.06. The maximum absolute atomic E-state index is 13.2. The highest BCUT2D eigenvalue weighted by Crippen LogP contribution is 2.31. The summed E-state index contributed by atoms with van der Waals surface area (Å²) in [6.45, 7) is 7.41. The maximum Gasteiger partial charge on any atom is 0.211 e. The summed E-state index contributed by atoms with van der Waals surface area (Å²) in [7, 11) is 0. The number of carbonyl (C=O) groups is 1. The van der Waals surface area contributed by atoms with Crippen molar-refractivity contribution in [3.8, 4) is 12.8 Å². The van der Waals surface area contributed by atoms with Gasteiger partial charge in [0.25, 0.3) is 0 Å². The molecule has 1 aromatic carbocycles. The Morgan fingerprint density at radius 3 is 2.75 bits per heavy atom. The minimum atomic E-state index is 0.492. The van der Waals surface area contributed by atoms with E-state index in [1.807, 2.05) is 44.2 Å². The van der Waals surface area contributed by atoms with E-state index in [0.29, 0.717) is 24.7 Å². The molecule has 1 heterocycles. The summed E-state index contributed by atoms with van der Waals surface area (Å²) in [6.07, 6.45) is 18.9. The number of thiazole rings is 1. The first-order valence-corrected chi connectivity index (χ1v) is 9.30. The van der Waals surface area contributed by atoms with Crippen molar-refractivity contribution in [2.75, 3.05) is 0 Å². The number of allylic oxidation sites excluding steroid dienone is 8. The summed E-state index contributed by atoms with van der Waals surface area (Å²) < 4.78 is 14.2. The van der Waals surface area contributed by atoms with Crippen LogP contribution >= 0.6 is 11.3 Å². The third-order valence-electron chi connectivity index (χ3n) is 3.79. The second kappa shape index (κ2) is 12.2. The molecule has 0 radical (unpaired) electrons. The normalized spacial score (nSPS) is 12.5. The van der Waals surface area contributed by atoms with E-state index >= 15 is 0 Å². The molecule has 0 saturated carbocycles. The molecule has 3 nitrogen and oxygen atoms in total. The third-order valence-corrected chi connectivity index (χ3v) is 4.88. The molecule has 0 aliphatic carbocycles. The molecule has 2 aromatic rings. The van der Waals surface area contributed by atoms with Gasteiger partial charge in [-0.1, -0.05) is 43.0 Å². The van der Waals surface area contributed by atoms with E-state index in [1.165, 1.54) is 0 Å². The molecule has 0 atom stereocenters. The number of aromatic nitrogens is 1. The van der Waals surface area contributed by atoms with Gasteiger partial charge in [-0.2, -0.15) is 0 Å². The Morgan fingerprint density at radius 1 is 1.39 bits per heavy atom. The monoisotopic (exact) mass is 394 g/mol. The van der Waals surface area contributed by atoms with Crippen LogP contribution in [0.5, 0.6) is 0 Å². The Morgan fingerprint density at radius 2 is 2.14 bits per heavy atom. The highest BCUT2D eigenvalue weighted by molar-refractivity contribution is 7.19. The van der Waals surface area contributed by atoms with Crippen LogP contribution in [0.1, 0.15) is 30.8 Å². The lowest BCUT2D eigenvalue weighted by Gasteiger charge is -2.01. The highest BCUT2D eigenvalue weighted by atomic mass is 32.1. The second-order valence-electron chi connectivity index (χ2n) is 5.53. The summed E-state index contributed by atoms with van der Waals surface area (Å²) in [5.41, 5.74) is 4.04. The molecule has 2 rings (SSSR count). The Labute approximate surface area is 169 Å². The molecule has 0 saturated heterocycles. The molecule has 0 aliphatic heterocycles. The fourth-order valence-electron chi connectivity index (χ4n) is 2.35. The second-order valence-corrected chi connectivity index (χ2v) is 6.56. The van der Waals surface area contributed by atoms with Crippen LogP contribution < -0.4 is 5.32 Å². The quantitative estimate of drug-likeness (QED) is 0.337. The number of hydrogen-bond acceptors (Lipinski definition) is 3. The topological polar surface area (TPSA) is 42.0 Å². The van der Waals surface area contributed by atoms with Crippen LogP contribution in [-0.4, -0.2) is 11.4 Å². The molecule has 0 spiro atoms. The molecule has 1 N–H and O–H groups in total. The SMILES string of the molecule is C#C.C=C/C=C\C(=C\F)c1ccc2nc(/C(=C/C)C/C=C(\C)NC=O)sc2c1. The lowest BCUT2D eigenvalue weighted by atomic mass is 10.1. The molecule has 0 aliphatic rings. The van der Waals surface area contributed by atoms with E-state index in [-0.39, 0.29) is 0 Å². The first-order valence-electron chi connectivity index (χ1n) is 8.49. The van der Waals surface area contributed by atoms with Gasteiger partial charge in [-0.05, 0) is 43.5 Å². The molecule has 1 amide bonds. The zero-order valence-corrected chi connectivity index (χ0v) is 16.8. The van der Waals surface area contributed by atoms with Gasteiger partial charge in [-0.15, -0.1) is 24.2 Å². The predicted molar refractivity (Wildman–Crippen MR) is 119 cm³/mol. The van der Waals surface area contributed by atoms with Gasteiger partial charge in [0.05, 0.1) is 16.5 Å². The lowest BCUT2D eigenvalue weighted by molar-refractivity contribution is -0.108. The smallest absolute Gasteiger partial charge is 0.211 e. The minimum Gasteiger partial charge on any atom is -0.333 e. The van der Waals surface area contributed by atoms with E-state index < -0.39 is 0 Å².